The van der Waals surface area contributed by atoms with Crippen LogP contribution in [0, 0.1) is 5.92 Å². The fraction of sp³-hybridized carbons (Fsp3) is 0.533. The minimum atomic E-state index is -0.526. The van der Waals surface area contributed by atoms with Gasteiger partial charge in [-0.3, -0.25) is 4.79 Å². The summed E-state index contributed by atoms with van der Waals surface area (Å²) < 4.78 is 7.47. The first-order chi connectivity index (χ1) is 9.29. The third-order valence-electron chi connectivity index (χ3n) is 2.78. The second kappa shape index (κ2) is 8.03. The molecular weight excluding hydrogens is 386 g/mol. The Kier molecular flexibility index (Phi) is 7.03. The molecule has 0 aromatic heterocycles. The maximum Gasteiger partial charge on any atom is 0.260 e. The van der Waals surface area contributed by atoms with E-state index in [4.69, 9.17) is 4.74 Å². The lowest BCUT2D eigenvalue weighted by atomic mass is 10.1. The van der Waals surface area contributed by atoms with Crippen molar-refractivity contribution in [2.45, 2.75) is 46.3 Å². The first-order valence-electron chi connectivity index (χ1n) is 6.71. The number of carbonyl (C=O) groups is 1. The maximum atomic E-state index is 12.1. The van der Waals surface area contributed by atoms with Gasteiger partial charge >= 0.3 is 0 Å². The lowest BCUT2D eigenvalue weighted by Crippen LogP contribution is -2.41. The Labute approximate surface area is 137 Å². The molecule has 0 saturated heterocycles. The molecule has 0 bridgehead atoms. The molecule has 0 aliphatic heterocycles. The SMILES string of the molecule is CC(C)C[C@@H](C)NC(=O)[C@H](C)Oc1ccc(Br)cc1Br. The summed E-state index contributed by atoms with van der Waals surface area (Å²) in [6, 6.07) is 5.75. The summed E-state index contributed by atoms with van der Waals surface area (Å²) in [4.78, 5) is 12.1. The molecule has 5 heteroatoms. The summed E-state index contributed by atoms with van der Waals surface area (Å²) in [6.45, 7) is 8.05. The third kappa shape index (κ3) is 5.83. The fourth-order valence-electron chi connectivity index (χ4n) is 1.94. The number of hydrogen-bond donors (Lipinski definition) is 1. The number of hydrogen-bond acceptors (Lipinski definition) is 2. The number of amides is 1. The summed E-state index contributed by atoms with van der Waals surface area (Å²) in [7, 11) is 0. The average molecular weight is 407 g/mol. The Morgan fingerprint density at radius 3 is 2.45 bits per heavy atom. The molecule has 1 N–H and O–H groups in total. The van der Waals surface area contributed by atoms with Crippen LogP contribution in [0.15, 0.2) is 27.1 Å². The number of carbonyl (C=O) groups excluding carboxylic acids is 1. The van der Waals surface area contributed by atoms with Crippen molar-refractivity contribution in [3.05, 3.63) is 27.1 Å². The molecule has 1 aromatic rings. The molecule has 0 fully saturated rings. The quantitative estimate of drug-likeness (QED) is 0.753. The van der Waals surface area contributed by atoms with Crippen LogP contribution in [0.4, 0.5) is 0 Å². The Morgan fingerprint density at radius 1 is 1.25 bits per heavy atom. The monoisotopic (exact) mass is 405 g/mol. The van der Waals surface area contributed by atoms with Gasteiger partial charge in [0.2, 0.25) is 0 Å². The van der Waals surface area contributed by atoms with Crippen LogP contribution in [0.5, 0.6) is 5.75 Å². The van der Waals surface area contributed by atoms with E-state index in [1.807, 2.05) is 25.1 Å². The van der Waals surface area contributed by atoms with Gasteiger partial charge in [-0.25, -0.2) is 0 Å². The number of halogens is 2. The van der Waals surface area contributed by atoms with Crippen molar-refractivity contribution < 1.29 is 9.53 Å². The fourth-order valence-corrected chi connectivity index (χ4v) is 3.08. The summed E-state index contributed by atoms with van der Waals surface area (Å²) >= 11 is 6.80. The van der Waals surface area contributed by atoms with E-state index < -0.39 is 6.10 Å². The highest BCUT2D eigenvalue weighted by atomic mass is 79.9. The summed E-state index contributed by atoms with van der Waals surface area (Å²) in [6.07, 6.45) is 0.433. The van der Waals surface area contributed by atoms with Crippen LogP contribution >= 0.6 is 31.9 Å². The lowest BCUT2D eigenvalue weighted by Gasteiger charge is -2.20. The van der Waals surface area contributed by atoms with Gasteiger partial charge in [0.25, 0.3) is 5.91 Å². The molecule has 0 spiro atoms. The zero-order valence-corrected chi connectivity index (χ0v) is 15.4. The maximum absolute atomic E-state index is 12.1. The predicted octanol–water partition coefficient (Wildman–Crippen LogP) is 4.53. The van der Waals surface area contributed by atoms with Crippen LogP contribution in [-0.2, 0) is 4.79 Å². The van der Waals surface area contributed by atoms with Crippen LogP contribution in [0.1, 0.15) is 34.1 Å². The highest BCUT2D eigenvalue weighted by Crippen LogP contribution is 2.28. The van der Waals surface area contributed by atoms with E-state index >= 15 is 0 Å². The van der Waals surface area contributed by atoms with Crippen molar-refractivity contribution in [3.63, 3.8) is 0 Å². The molecule has 2 atom stereocenters. The van der Waals surface area contributed by atoms with Crippen molar-refractivity contribution in [2.24, 2.45) is 5.92 Å². The highest BCUT2D eigenvalue weighted by Gasteiger charge is 2.18. The van der Waals surface area contributed by atoms with E-state index in [1.54, 1.807) is 6.92 Å². The molecular formula is C15H21Br2NO2. The lowest BCUT2D eigenvalue weighted by molar-refractivity contribution is -0.128. The highest BCUT2D eigenvalue weighted by molar-refractivity contribution is 9.11. The number of benzene rings is 1. The first kappa shape index (κ1) is 17.5. The summed E-state index contributed by atoms with van der Waals surface area (Å²) in [5.74, 6) is 1.13. The molecule has 20 heavy (non-hydrogen) atoms. The summed E-state index contributed by atoms with van der Waals surface area (Å²) in [5.41, 5.74) is 0. The van der Waals surface area contributed by atoms with Crippen molar-refractivity contribution >= 4 is 37.8 Å². The molecule has 0 aliphatic rings. The molecule has 0 saturated carbocycles. The van der Waals surface area contributed by atoms with Gasteiger partial charge in [-0.15, -0.1) is 0 Å². The molecule has 112 valence electrons. The molecule has 1 aromatic carbocycles. The Morgan fingerprint density at radius 2 is 1.90 bits per heavy atom. The van der Waals surface area contributed by atoms with E-state index in [0.717, 1.165) is 15.4 Å². The van der Waals surface area contributed by atoms with E-state index in [1.165, 1.54) is 0 Å². The van der Waals surface area contributed by atoms with Gasteiger partial charge in [0.1, 0.15) is 5.75 Å². The van der Waals surface area contributed by atoms with E-state index in [-0.39, 0.29) is 11.9 Å². The minimum absolute atomic E-state index is 0.0898. The number of ether oxygens (including phenoxy) is 1. The Hall–Kier alpha value is -0.550. The van der Waals surface area contributed by atoms with Crippen molar-refractivity contribution in [2.75, 3.05) is 0 Å². The van der Waals surface area contributed by atoms with E-state index in [0.29, 0.717) is 11.7 Å². The molecule has 1 rings (SSSR count). The van der Waals surface area contributed by atoms with Crippen LogP contribution < -0.4 is 10.1 Å². The van der Waals surface area contributed by atoms with E-state index in [9.17, 15) is 4.79 Å². The topological polar surface area (TPSA) is 38.3 Å². The van der Waals surface area contributed by atoms with Crippen LogP contribution in [0.3, 0.4) is 0 Å². The molecule has 0 radical (unpaired) electrons. The summed E-state index contributed by atoms with van der Waals surface area (Å²) in [5, 5.41) is 2.97. The smallest absolute Gasteiger partial charge is 0.260 e. The van der Waals surface area contributed by atoms with Gasteiger partial charge in [0, 0.05) is 10.5 Å². The standard InChI is InChI=1S/C15H21Br2NO2/c1-9(2)7-10(3)18-15(19)11(4)20-14-6-5-12(16)8-13(14)17/h5-6,8-11H,7H2,1-4H3,(H,18,19)/t10-,11+/m1/s1. The molecule has 1 amide bonds. The second-order valence-electron chi connectivity index (χ2n) is 5.37. The van der Waals surface area contributed by atoms with Gasteiger partial charge in [0.05, 0.1) is 4.47 Å². The van der Waals surface area contributed by atoms with Crippen molar-refractivity contribution in [3.8, 4) is 5.75 Å². The molecule has 0 heterocycles. The average Bonchev–Trinajstić information content (AvgIpc) is 2.31. The molecule has 3 nitrogen and oxygen atoms in total. The van der Waals surface area contributed by atoms with E-state index in [2.05, 4.69) is 51.0 Å². The third-order valence-corrected chi connectivity index (χ3v) is 3.89. The van der Waals surface area contributed by atoms with Crippen LogP contribution in [0.2, 0.25) is 0 Å². The molecule has 0 unspecified atom stereocenters. The minimum Gasteiger partial charge on any atom is -0.480 e. The van der Waals surface area contributed by atoms with Crippen LogP contribution in [-0.4, -0.2) is 18.1 Å². The van der Waals surface area contributed by atoms with Crippen molar-refractivity contribution in [1.82, 2.24) is 5.32 Å². The van der Waals surface area contributed by atoms with Gasteiger partial charge in [-0.1, -0.05) is 29.8 Å². The van der Waals surface area contributed by atoms with Gasteiger partial charge < -0.3 is 10.1 Å². The number of rotatable bonds is 6. The number of nitrogens with one attached hydrogen (secondary N) is 1. The molecule has 0 aliphatic carbocycles. The Bertz CT molecular complexity index is 463. The van der Waals surface area contributed by atoms with Crippen molar-refractivity contribution in [1.29, 1.82) is 0 Å². The zero-order valence-electron chi connectivity index (χ0n) is 12.2. The van der Waals surface area contributed by atoms with Crippen LogP contribution in [0.25, 0.3) is 0 Å². The van der Waals surface area contributed by atoms with Gasteiger partial charge in [-0.2, -0.15) is 0 Å². The Balaban J connectivity index is 2.57. The van der Waals surface area contributed by atoms with Gasteiger partial charge in [-0.05, 0) is 60.3 Å². The second-order valence-corrected chi connectivity index (χ2v) is 7.14. The largest absolute Gasteiger partial charge is 0.480 e. The van der Waals surface area contributed by atoms with Gasteiger partial charge in [0.15, 0.2) is 6.10 Å². The predicted molar refractivity (Wildman–Crippen MR) is 89.0 cm³/mol. The first-order valence-corrected chi connectivity index (χ1v) is 8.30. The normalized spacial score (nSPS) is 13.9. The zero-order chi connectivity index (χ0) is 15.3.